The number of piperidine rings is 1. The normalized spacial score (nSPS) is 17.0. The van der Waals surface area contributed by atoms with Gasteiger partial charge in [-0.05, 0) is 67.6 Å². The first kappa shape index (κ1) is 23.5. The number of benzene rings is 2. The Morgan fingerprint density at radius 2 is 1.74 bits per heavy atom. The Kier molecular flexibility index (Phi) is 6.56. The standard InChI is InChI=1S/C27H29F2N3O3/c28-20-6-4-19(5-7-20)15-32-24-16-31(13-10-21(24)22-2-1-3-23(29)27(22)32)25(33)17-30-11-8-18(9-12-30)14-26(34)35/h1-7,18H,8-17H2,(H,34,35). The Bertz CT molecular complexity index is 1250. The van der Waals surface area contributed by atoms with Gasteiger partial charge in [0.1, 0.15) is 11.6 Å². The Morgan fingerprint density at radius 1 is 1.00 bits per heavy atom. The molecule has 0 unspecified atom stereocenters. The van der Waals surface area contributed by atoms with Crippen molar-refractivity contribution in [2.45, 2.75) is 38.8 Å². The van der Waals surface area contributed by atoms with Crippen LogP contribution in [0.25, 0.3) is 10.9 Å². The number of aromatic nitrogens is 1. The van der Waals surface area contributed by atoms with Crippen molar-refractivity contribution in [1.82, 2.24) is 14.4 Å². The van der Waals surface area contributed by atoms with E-state index in [1.54, 1.807) is 18.2 Å². The largest absolute Gasteiger partial charge is 0.481 e. The molecule has 1 N–H and O–H groups in total. The van der Waals surface area contributed by atoms with Gasteiger partial charge in [0, 0.05) is 30.6 Å². The number of amides is 1. The number of nitrogens with zero attached hydrogens (tertiary/aromatic N) is 3. The van der Waals surface area contributed by atoms with E-state index in [2.05, 4.69) is 4.90 Å². The van der Waals surface area contributed by atoms with E-state index in [9.17, 15) is 18.4 Å². The molecule has 1 saturated heterocycles. The van der Waals surface area contributed by atoms with Gasteiger partial charge in [0.05, 0.1) is 18.6 Å². The van der Waals surface area contributed by atoms with Crippen molar-refractivity contribution in [3.8, 4) is 0 Å². The zero-order valence-corrected chi connectivity index (χ0v) is 19.6. The zero-order valence-electron chi connectivity index (χ0n) is 19.6. The Labute approximate surface area is 202 Å². The number of aliphatic carboxylic acids is 1. The van der Waals surface area contributed by atoms with E-state index < -0.39 is 5.97 Å². The van der Waals surface area contributed by atoms with Gasteiger partial charge in [-0.15, -0.1) is 0 Å². The van der Waals surface area contributed by atoms with Crippen LogP contribution >= 0.6 is 0 Å². The SMILES string of the molecule is O=C(O)CC1CCN(CC(=O)N2CCc3c(n(Cc4ccc(F)cc4)c4c(F)cccc34)C2)CC1. The second-order valence-electron chi connectivity index (χ2n) is 9.66. The maximum Gasteiger partial charge on any atom is 0.303 e. The summed E-state index contributed by atoms with van der Waals surface area (Å²) in [6.07, 6.45) is 2.41. The van der Waals surface area contributed by atoms with Gasteiger partial charge in [0.25, 0.3) is 0 Å². The lowest BCUT2D eigenvalue weighted by Crippen LogP contribution is -2.45. The molecule has 2 aromatic carbocycles. The van der Waals surface area contributed by atoms with Crippen molar-refractivity contribution >= 4 is 22.8 Å². The third-order valence-corrected chi connectivity index (χ3v) is 7.36. The number of fused-ring (bicyclic) bond motifs is 3. The van der Waals surface area contributed by atoms with Gasteiger partial charge in [0.15, 0.2) is 0 Å². The van der Waals surface area contributed by atoms with Crippen LogP contribution in [0.2, 0.25) is 0 Å². The van der Waals surface area contributed by atoms with Crippen LogP contribution in [0.15, 0.2) is 42.5 Å². The summed E-state index contributed by atoms with van der Waals surface area (Å²) in [5.41, 5.74) is 3.38. The van der Waals surface area contributed by atoms with Gasteiger partial charge in [-0.3, -0.25) is 14.5 Å². The first-order valence-corrected chi connectivity index (χ1v) is 12.1. The Hall–Kier alpha value is -3.26. The molecule has 3 aromatic rings. The predicted octanol–water partition coefficient (Wildman–Crippen LogP) is 4.04. The van der Waals surface area contributed by atoms with Crippen LogP contribution in [-0.2, 0) is 29.1 Å². The van der Waals surface area contributed by atoms with Crippen molar-refractivity contribution in [3.63, 3.8) is 0 Å². The number of carboxylic acid groups (broad SMARTS) is 1. The second kappa shape index (κ2) is 9.77. The molecule has 0 radical (unpaired) electrons. The molecule has 1 amide bonds. The molecule has 8 heteroatoms. The summed E-state index contributed by atoms with van der Waals surface area (Å²) < 4.78 is 30.3. The molecule has 184 valence electrons. The fourth-order valence-electron chi connectivity index (χ4n) is 5.50. The topological polar surface area (TPSA) is 65.8 Å². The highest BCUT2D eigenvalue weighted by molar-refractivity contribution is 5.87. The van der Waals surface area contributed by atoms with Crippen molar-refractivity contribution < 1.29 is 23.5 Å². The quantitative estimate of drug-likeness (QED) is 0.577. The summed E-state index contributed by atoms with van der Waals surface area (Å²) in [4.78, 5) is 28.1. The number of carbonyl (C=O) groups is 2. The molecule has 0 saturated carbocycles. The fraction of sp³-hybridized carbons (Fsp3) is 0.407. The minimum absolute atomic E-state index is 0.0337. The molecular weight excluding hydrogens is 452 g/mol. The van der Waals surface area contributed by atoms with Gasteiger partial charge >= 0.3 is 5.97 Å². The summed E-state index contributed by atoms with van der Waals surface area (Å²) in [6, 6.07) is 11.3. The first-order chi connectivity index (χ1) is 16.9. The van der Waals surface area contributed by atoms with Gasteiger partial charge < -0.3 is 14.6 Å². The average molecular weight is 482 g/mol. The van der Waals surface area contributed by atoms with Gasteiger partial charge in [-0.1, -0.05) is 24.3 Å². The highest BCUT2D eigenvalue weighted by Crippen LogP contribution is 2.33. The molecule has 0 spiro atoms. The van der Waals surface area contributed by atoms with Gasteiger partial charge in [-0.2, -0.15) is 0 Å². The van der Waals surface area contributed by atoms with Crippen LogP contribution in [0.3, 0.4) is 0 Å². The zero-order chi connectivity index (χ0) is 24.5. The van der Waals surface area contributed by atoms with Crippen LogP contribution in [0.1, 0.15) is 36.1 Å². The van der Waals surface area contributed by atoms with E-state index in [1.807, 2.05) is 15.5 Å². The van der Waals surface area contributed by atoms with E-state index in [0.717, 1.165) is 48.1 Å². The molecule has 3 heterocycles. The van der Waals surface area contributed by atoms with Crippen molar-refractivity contribution in [2.24, 2.45) is 5.92 Å². The summed E-state index contributed by atoms with van der Waals surface area (Å²) in [5, 5.41) is 9.88. The smallest absolute Gasteiger partial charge is 0.303 e. The highest BCUT2D eigenvalue weighted by Gasteiger charge is 2.29. The monoisotopic (exact) mass is 481 g/mol. The van der Waals surface area contributed by atoms with Crippen molar-refractivity contribution in [3.05, 3.63) is 70.9 Å². The van der Waals surface area contributed by atoms with Gasteiger partial charge in [0.2, 0.25) is 5.91 Å². The lowest BCUT2D eigenvalue weighted by molar-refractivity contribution is -0.139. The molecule has 2 aliphatic heterocycles. The van der Waals surface area contributed by atoms with Crippen molar-refractivity contribution in [1.29, 1.82) is 0 Å². The first-order valence-electron chi connectivity index (χ1n) is 12.1. The number of likely N-dealkylation sites (tertiary alicyclic amines) is 1. The third kappa shape index (κ3) is 4.93. The molecule has 5 rings (SSSR count). The number of hydrogen-bond acceptors (Lipinski definition) is 3. The lowest BCUT2D eigenvalue weighted by atomic mass is 9.93. The minimum Gasteiger partial charge on any atom is -0.481 e. The molecule has 0 atom stereocenters. The Balaban J connectivity index is 1.35. The Morgan fingerprint density at radius 3 is 2.46 bits per heavy atom. The molecule has 0 aliphatic carbocycles. The molecule has 6 nitrogen and oxygen atoms in total. The predicted molar refractivity (Wildman–Crippen MR) is 128 cm³/mol. The maximum absolute atomic E-state index is 15.0. The number of rotatable bonds is 6. The van der Waals surface area contributed by atoms with Crippen LogP contribution < -0.4 is 0 Å². The number of carboxylic acids is 1. The number of para-hydroxylation sites is 1. The van der Waals surface area contributed by atoms with Gasteiger partial charge in [-0.25, -0.2) is 8.78 Å². The average Bonchev–Trinajstić information content (AvgIpc) is 3.15. The van der Waals surface area contributed by atoms with Crippen LogP contribution in [0.5, 0.6) is 0 Å². The molecule has 1 fully saturated rings. The second-order valence-corrected chi connectivity index (χ2v) is 9.66. The van der Waals surface area contributed by atoms with E-state index >= 15 is 0 Å². The van der Waals surface area contributed by atoms with Crippen LogP contribution in [-0.4, -0.2) is 57.5 Å². The third-order valence-electron chi connectivity index (χ3n) is 7.36. The van der Waals surface area contributed by atoms with Crippen molar-refractivity contribution in [2.75, 3.05) is 26.2 Å². The molecular formula is C27H29F2N3O3. The number of halogens is 2. The van der Waals surface area contributed by atoms with Crippen LogP contribution in [0.4, 0.5) is 8.78 Å². The summed E-state index contributed by atoms with van der Waals surface area (Å²) >= 11 is 0. The van der Waals surface area contributed by atoms with E-state index in [1.165, 1.54) is 18.2 Å². The summed E-state index contributed by atoms with van der Waals surface area (Å²) in [5.74, 6) is -1.18. The maximum atomic E-state index is 15.0. The summed E-state index contributed by atoms with van der Waals surface area (Å²) in [7, 11) is 0. The van der Waals surface area contributed by atoms with Crippen LogP contribution in [0, 0.1) is 17.6 Å². The van der Waals surface area contributed by atoms with E-state index in [-0.39, 0.29) is 29.9 Å². The van der Waals surface area contributed by atoms with E-state index in [0.29, 0.717) is 38.1 Å². The highest BCUT2D eigenvalue weighted by atomic mass is 19.1. The lowest BCUT2D eigenvalue weighted by Gasteiger charge is -2.34. The minimum atomic E-state index is -0.767. The number of hydrogen-bond donors (Lipinski definition) is 1. The van der Waals surface area contributed by atoms with E-state index in [4.69, 9.17) is 5.11 Å². The number of carbonyl (C=O) groups excluding carboxylic acids is 1. The molecule has 0 bridgehead atoms. The molecule has 2 aliphatic rings. The molecule has 35 heavy (non-hydrogen) atoms. The fourth-order valence-corrected chi connectivity index (χ4v) is 5.50. The summed E-state index contributed by atoms with van der Waals surface area (Å²) in [6.45, 7) is 3.12. The molecule has 1 aromatic heterocycles.